The molecule has 1 aromatic heterocycles. The predicted octanol–water partition coefficient (Wildman–Crippen LogP) is 4.57. The lowest BCUT2D eigenvalue weighted by atomic mass is 9.91. The summed E-state index contributed by atoms with van der Waals surface area (Å²) in [5, 5.41) is 15.7. The molecule has 0 N–H and O–H groups in total. The molecule has 1 aliphatic heterocycles. The van der Waals surface area contributed by atoms with Crippen LogP contribution in [0.1, 0.15) is 40.0 Å². The molecule has 5 rings (SSSR count). The van der Waals surface area contributed by atoms with Crippen molar-refractivity contribution in [1.82, 2.24) is 14.8 Å². The number of benzene rings is 3. The molecule has 32 heavy (non-hydrogen) atoms. The molecule has 0 saturated carbocycles. The van der Waals surface area contributed by atoms with Crippen molar-refractivity contribution in [3.05, 3.63) is 118 Å². The Bertz CT molecular complexity index is 1270. The first-order chi connectivity index (χ1) is 15.6. The summed E-state index contributed by atoms with van der Waals surface area (Å²) in [4.78, 5) is 30.4. The second kappa shape index (κ2) is 8.07. The highest BCUT2D eigenvalue weighted by Crippen LogP contribution is 2.42. The number of hydrogen-bond acceptors (Lipinski definition) is 5. The van der Waals surface area contributed by atoms with Gasteiger partial charge in [-0.25, -0.2) is 4.68 Å². The molecule has 158 valence electrons. The van der Waals surface area contributed by atoms with Crippen molar-refractivity contribution in [2.45, 2.75) is 18.5 Å². The summed E-state index contributed by atoms with van der Waals surface area (Å²) < 4.78 is 1.75. The average Bonchev–Trinajstić information content (AvgIpc) is 3.33. The number of carbonyl (C=O) groups is 1. The zero-order valence-electron chi connectivity index (χ0n) is 17.0. The van der Waals surface area contributed by atoms with Crippen molar-refractivity contribution < 1.29 is 9.72 Å². The molecule has 1 aliphatic rings. The number of aromatic nitrogens is 3. The lowest BCUT2D eigenvalue weighted by molar-refractivity contribution is -0.384. The van der Waals surface area contributed by atoms with E-state index >= 15 is 0 Å². The van der Waals surface area contributed by atoms with Crippen LogP contribution >= 0.6 is 0 Å². The van der Waals surface area contributed by atoms with Gasteiger partial charge in [0.2, 0.25) is 5.95 Å². The van der Waals surface area contributed by atoms with Crippen LogP contribution in [0.3, 0.4) is 0 Å². The second-order valence-electron chi connectivity index (χ2n) is 7.58. The maximum Gasteiger partial charge on any atom is 0.270 e. The van der Waals surface area contributed by atoms with Crippen LogP contribution in [-0.2, 0) is 0 Å². The minimum absolute atomic E-state index is 0.104. The zero-order chi connectivity index (χ0) is 22.1. The van der Waals surface area contributed by atoms with Crippen LogP contribution < -0.4 is 4.90 Å². The van der Waals surface area contributed by atoms with E-state index in [9.17, 15) is 14.9 Å². The summed E-state index contributed by atoms with van der Waals surface area (Å²) in [7, 11) is 0. The van der Waals surface area contributed by atoms with E-state index in [1.807, 2.05) is 60.7 Å². The number of non-ortho nitro benzene ring substituents is 1. The largest absolute Gasteiger partial charge is 0.270 e. The van der Waals surface area contributed by atoms with Gasteiger partial charge in [-0.05, 0) is 23.6 Å². The van der Waals surface area contributed by atoms with Gasteiger partial charge in [-0.1, -0.05) is 66.7 Å². The van der Waals surface area contributed by atoms with Crippen LogP contribution in [0.4, 0.5) is 11.6 Å². The molecular formula is C24H19N5O3. The number of nitro benzene ring substituents is 1. The Kier molecular flexibility index (Phi) is 4.95. The third-order valence-corrected chi connectivity index (χ3v) is 5.71. The monoisotopic (exact) mass is 425 g/mol. The third kappa shape index (κ3) is 3.41. The molecule has 1 amide bonds. The van der Waals surface area contributed by atoms with Crippen molar-refractivity contribution in [2.24, 2.45) is 0 Å². The summed E-state index contributed by atoms with van der Waals surface area (Å²) in [6.45, 7) is 0. The maximum atomic E-state index is 13.7. The first-order valence-corrected chi connectivity index (χ1v) is 10.2. The van der Waals surface area contributed by atoms with E-state index in [1.165, 1.54) is 24.5 Å². The topological polar surface area (TPSA) is 94.2 Å². The van der Waals surface area contributed by atoms with E-state index in [0.717, 1.165) is 11.1 Å². The standard InChI is InChI=1S/C24H19N5O3/c30-23(19-12-7-13-20(14-19)29(31)32)27-21(17-8-3-1-4-9-17)15-22(18-10-5-2-6-11-18)28-24(27)25-16-26-28/h1-14,16,21-22H,15H2/t21-,22-/m0/s1. The molecule has 2 atom stereocenters. The van der Waals surface area contributed by atoms with Gasteiger partial charge in [0.1, 0.15) is 6.33 Å². The minimum atomic E-state index is -0.504. The van der Waals surface area contributed by atoms with Crippen LogP contribution in [0.15, 0.2) is 91.3 Å². The number of fused-ring (bicyclic) bond motifs is 1. The lowest BCUT2D eigenvalue weighted by Gasteiger charge is -2.39. The summed E-state index contributed by atoms with van der Waals surface area (Å²) in [5.74, 6) is 0.0544. The highest BCUT2D eigenvalue weighted by Gasteiger charge is 2.39. The molecular weight excluding hydrogens is 406 g/mol. The molecule has 3 aromatic carbocycles. The van der Waals surface area contributed by atoms with Gasteiger partial charge in [0, 0.05) is 17.7 Å². The Labute approximate surface area is 183 Å². The zero-order valence-corrected chi connectivity index (χ0v) is 17.0. The van der Waals surface area contributed by atoms with Crippen LogP contribution in [0.5, 0.6) is 0 Å². The Morgan fingerprint density at radius 1 is 0.906 bits per heavy atom. The van der Waals surface area contributed by atoms with Crippen LogP contribution in [-0.4, -0.2) is 25.6 Å². The van der Waals surface area contributed by atoms with Gasteiger partial charge in [-0.2, -0.15) is 10.1 Å². The van der Waals surface area contributed by atoms with Crippen molar-refractivity contribution in [1.29, 1.82) is 0 Å². The van der Waals surface area contributed by atoms with Gasteiger partial charge in [-0.15, -0.1) is 0 Å². The molecule has 8 heteroatoms. The summed E-state index contributed by atoms with van der Waals surface area (Å²) in [6.07, 6.45) is 2.03. The smallest absolute Gasteiger partial charge is 0.269 e. The quantitative estimate of drug-likeness (QED) is 0.353. The van der Waals surface area contributed by atoms with Gasteiger partial charge in [-0.3, -0.25) is 19.8 Å². The van der Waals surface area contributed by atoms with E-state index in [2.05, 4.69) is 10.1 Å². The van der Waals surface area contributed by atoms with Gasteiger partial charge in [0.05, 0.1) is 17.0 Å². The van der Waals surface area contributed by atoms with Gasteiger partial charge >= 0.3 is 0 Å². The maximum absolute atomic E-state index is 13.7. The minimum Gasteiger partial charge on any atom is -0.269 e. The number of hydrogen-bond donors (Lipinski definition) is 0. The molecule has 0 saturated heterocycles. The molecule has 0 radical (unpaired) electrons. The third-order valence-electron chi connectivity index (χ3n) is 5.71. The van der Waals surface area contributed by atoms with E-state index in [1.54, 1.807) is 15.6 Å². The Hall–Kier alpha value is -4.33. The van der Waals surface area contributed by atoms with Gasteiger partial charge in [0.25, 0.3) is 11.6 Å². The fourth-order valence-corrected chi connectivity index (χ4v) is 4.23. The first-order valence-electron chi connectivity index (χ1n) is 10.2. The van der Waals surface area contributed by atoms with E-state index < -0.39 is 4.92 Å². The highest BCUT2D eigenvalue weighted by molar-refractivity contribution is 6.06. The van der Waals surface area contributed by atoms with Crippen molar-refractivity contribution in [3.63, 3.8) is 0 Å². The van der Waals surface area contributed by atoms with Gasteiger partial charge < -0.3 is 0 Å². The fraction of sp³-hybridized carbons (Fsp3) is 0.125. The lowest BCUT2D eigenvalue weighted by Crippen LogP contribution is -2.42. The molecule has 8 nitrogen and oxygen atoms in total. The second-order valence-corrected chi connectivity index (χ2v) is 7.58. The summed E-state index contributed by atoms with van der Waals surface area (Å²) >= 11 is 0. The van der Waals surface area contributed by atoms with E-state index in [-0.39, 0.29) is 29.2 Å². The summed E-state index contributed by atoms with van der Waals surface area (Å²) in [5.41, 5.74) is 2.13. The van der Waals surface area contributed by atoms with Crippen LogP contribution in [0, 0.1) is 10.1 Å². The number of nitrogens with zero attached hydrogens (tertiary/aromatic N) is 5. The molecule has 4 aromatic rings. The molecule has 0 unspecified atom stereocenters. The molecule has 0 fully saturated rings. The number of anilines is 1. The number of nitro groups is 1. The number of rotatable bonds is 4. The molecule has 0 bridgehead atoms. The SMILES string of the molecule is O=C(c1cccc([N+](=O)[O-])c1)N1c2ncnn2[C@H](c2ccccc2)C[C@H]1c1ccccc1. The van der Waals surface area contributed by atoms with Crippen LogP contribution in [0.25, 0.3) is 0 Å². The van der Waals surface area contributed by atoms with Crippen LogP contribution in [0.2, 0.25) is 0 Å². The Balaban J connectivity index is 1.64. The van der Waals surface area contributed by atoms with Gasteiger partial charge in [0.15, 0.2) is 0 Å². The number of amides is 1. The summed E-state index contributed by atoms with van der Waals surface area (Å²) in [6, 6.07) is 25.1. The first kappa shape index (κ1) is 19.6. The van der Waals surface area contributed by atoms with Crippen molar-refractivity contribution >= 4 is 17.5 Å². The average molecular weight is 425 g/mol. The van der Waals surface area contributed by atoms with Crippen molar-refractivity contribution in [3.8, 4) is 0 Å². The number of carbonyl (C=O) groups excluding carboxylic acids is 1. The predicted molar refractivity (Wildman–Crippen MR) is 118 cm³/mol. The Morgan fingerprint density at radius 2 is 1.56 bits per heavy atom. The van der Waals surface area contributed by atoms with Crippen molar-refractivity contribution in [2.75, 3.05) is 4.90 Å². The van der Waals surface area contributed by atoms with E-state index in [4.69, 9.17) is 0 Å². The molecule has 0 aliphatic carbocycles. The molecule has 0 spiro atoms. The Morgan fingerprint density at radius 3 is 2.22 bits per heavy atom. The highest BCUT2D eigenvalue weighted by atomic mass is 16.6. The normalized spacial score (nSPS) is 17.6. The van der Waals surface area contributed by atoms with E-state index in [0.29, 0.717) is 12.4 Å². The fourth-order valence-electron chi connectivity index (χ4n) is 4.23. The molecule has 2 heterocycles.